The average molecular weight is 479 g/mol. The highest BCUT2D eigenvalue weighted by Gasteiger charge is 2.28. The molecule has 33 heavy (non-hydrogen) atoms. The summed E-state index contributed by atoms with van der Waals surface area (Å²) in [6.07, 6.45) is 0. The van der Waals surface area contributed by atoms with Gasteiger partial charge in [-0.25, -0.2) is 4.79 Å². The van der Waals surface area contributed by atoms with E-state index in [9.17, 15) is 24.5 Å². The van der Waals surface area contributed by atoms with E-state index in [4.69, 9.17) is 25.8 Å². The van der Waals surface area contributed by atoms with Gasteiger partial charge in [0.15, 0.2) is 6.61 Å². The Kier molecular flexibility index (Phi) is 8.75. The molecule has 0 spiro atoms. The molecule has 0 radical (unpaired) electrons. The van der Waals surface area contributed by atoms with E-state index in [-0.39, 0.29) is 21.9 Å². The monoisotopic (exact) mass is 478 g/mol. The molecule has 11 heteroatoms. The lowest BCUT2D eigenvalue weighted by molar-refractivity contribution is -0.384. The minimum atomic E-state index is -1.10. The van der Waals surface area contributed by atoms with Crippen molar-refractivity contribution in [1.29, 1.82) is 0 Å². The molecule has 0 bridgehead atoms. The van der Waals surface area contributed by atoms with Crippen molar-refractivity contribution < 1.29 is 33.5 Å². The van der Waals surface area contributed by atoms with Gasteiger partial charge in [0, 0.05) is 11.6 Å². The Hall–Kier alpha value is -3.66. The number of nitrogens with zero attached hydrogens (tertiary/aromatic N) is 1. The fourth-order valence-electron chi connectivity index (χ4n) is 2.85. The van der Waals surface area contributed by atoms with E-state index in [1.165, 1.54) is 32.4 Å². The molecular formula is C22H23ClN2O8. The smallest absolute Gasteiger partial charge is 0.329 e. The fraction of sp³-hybridized carbons (Fsp3) is 0.318. The summed E-state index contributed by atoms with van der Waals surface area (Å²) in [4.78, 5) is 48.1. The van der Waals surface area contributed by atoms with Crippen molar-refractivity contribution in [2.24, 2.45) is 5.92 Å². The lowest BCUT2D eigenvalue weighted by Gasteiger charge is -2.21. The van der Waals surface area contributed by atoms with Gasteiger partial charge in [-0.3, -0.25) is 19.7 Å². The summed E-state index contributed by atoms with van der Waals surface area (Å²) < 4.78 is 15.4. The van der Waals surface area contributed by atoms with E-state index in [0.717, 1.165) is 6.07 Å². The van der Waals surface area contributed by atoms with Crippen molar-refractivity contribution in [2.75, 3.05) is 20.8 Å². The number of carbonyl (C=O) groups excluding carboxylic acids is 3. The number of methoxy groups -OCH3 is 2. The van der Waals surface area contributed by atoms with Crippen LogP contribution in [0.25, 0.3) is 0 Å². The van der Waals surface area contributed by atoms with Crippen molar-refractivity contribution in [1.82, 2.24) is 5.32 Å². The Morgan fingerprint density at radius 1 is 1.09 bits per heavy atom. The third-order valence-electron chi connectivity index (χ3n) is 4.66. The van der Waals surface area contributed by atoms with Crippen LogP contribution in [-0.2, 0) is 9.53 Å². The highest BCUT2D eigenvalue weighted by atomic mass is 35.5. The zero-order valence-electron chi connectivity index (χ0n) is 18.4. The molecule has 1 N–H and O–H groups in total. The number of hydrogen-bond acceptors (Lipinski definition) is 8. The van der Waals surface area contributed by atoms with Crippen LogP contribution in [0.2, 0.25) is 5.02 Å². The van der Waals surface area contributed by atoms with Crippen LogP contribution in [0.3, 0.4) is 0 Å². The summed E-state index contributed by atoms with van der Waals surface area (Å²) >= 11 is 5.77. The SMILES string of the molecule is COc1ccc(OC)c(C(=O)COC(=O)[C@@H](NC(=O)c2ccc(Cl)c([N+](=O)[O-])c2)C(C)C)c1. The van der Waals surface area contributed by atoms with E-state index in [1.807, 2.05) is 0 Å². The highest BCUT2D eigenvalue weighted by Crippen LogP contribution is 2.26. The minimum absolute atomic E-state index is 0.0539. The van der Waals surface area contributed by atoms with Crippen molar-refractivity contribution in [3.8, 4) is 11.5 Å². The fourth-order valence-corrected chi connectivity index (χ4v) is 3.04. The summed E-state index contributed by atoms with van der Waals surface area (Å²) in [7, 11) is 2.84. The maximum atomic E-state index is 12.6. The predicted molar refractivity (Wildman–Crippen MR) is 119 cm³/mol. The molecule has 0 aliphatic heterocycles. The van der Waals surface area contributed by atoms with Gasteiger partial charge in [-0.1, -0.05) is 25.4 Å². The molecule has 2 aromatic carbocycles. The Morgan fingerprint density at radius 2 is 1.79 bits per heavy atom. The van der Waals surface area contributed by atoms with Crippen molar-refractivity contribution in [2.45, 2.75) is 19.9 Å². The topological polar surface area (TPSA) is 134 Å². The van der Waals surface area contributed by atoms with E-state index < -0.39 is 46.8 Å². The molecule has 1 amide bonds. The molecule has 0 saturated carbocycles. The number of hydrogen-bond donors (Lipinski definition) is 1. The van der Waals surface area contributed by atoms with Crippen LogP contribution in [0.1, 0.15) is 34.6 Å². The minimum Gasteiger partial charge on any atom is -0.497 e. The van der Waals surface area contributed by atoms with Crippen molar-refractivity contribution >= 4 is 34.9 Å². The second kappa shape index (κ2) is 11.3. The lowest BCUT2D eigenvalue weighted by Crippen LogP contribution is -2.45. The maximum Gasteiger partial charge on any atom is 0.329 e. The number of ether oxygens (including phenoxy) is 3. The van der Waals surface area contributed by atoms with Crippen LogP contribution in [0.4, 0.5) is 5.69 Å². The van der Waals surface area contributed by atoms with E-state index in [1.54, 1.807) is 26.0 Å². The van der Waals surface area contributed by atoms with Crippen LogP contribution in [0.15, 0.2) is 36.4 Å². The number of nitro groups is 1. The second-order valence-corrected chi connectivity index (χ2v) is 7.62. The second-order valence-electron chi connectivity index (χ2n) is 7.22. The Labute approximate surface area is 194 Å². The molecular weight excluding hydrogens is 456 g/mol. The molecule has 0 aliphatic rings. The van der Waals surface area contributed by atoms with Crippen LogP contribution < -0.4 is 14.8 Å². The number of nitro benzene ring substituents is 1. The Morgan fingerprint density at radius 3 is 2.36 bits per heavy atom. The van der Waals surface area contributed by atoms with E-state index in [2.05, 4.69) is 5.32 Å². The summed E-state index contributed by atoms with van der Waals surface area (Å²) in [6.45, 7) is 2.75. The highest BCUT2D eigenvalue weighted by molar-refractivity contribution is 6.32. The number of rotatable bonds is 10. The van der Waals surface area contributed by atoms with Gasteiger partial charge in [0.1, 0.15) is 22.6 Å². The number of halogens is 1. The van der Waals surface area contributed by atoms with Gasteiger partial charge in [-0.2, -0.15) is 0 Å². The largest absolute Gasteiger partial charge is 0.497 e. The third-order valence-corrected chi connectivity index (χ3v) is 4.98. The van der Waals surface area contributed by atoms with Gasteiger partial charge >= 0.3 is 5.97 Å². The van der Waals surface area contributed by atoms with Crippen molar-refractivity contribution in [3.63, 3.8) is 0 Å². The molecule has 2 aromatic rings. The average Bonchev–Trinajstić information content (AvgIpc) is 2.79. The molecule has 0 aliphatic carbocycles. The van der Waals surface area contributed by atoms with Gasteiger partial charge < -0.3 is 19.5 Å². The molecule has 0 saturated heterocycles. The zero-order chi connectivity index (χ0) is 24.7. The van der Waals surface area contributed by atoms with E-state index in [0.29, 0.717) is 5.75 Å². The molecule has 0 unspecified atom stereocenters. The number of carbonyl (C=O) groups is 3. The number of Topliss-reactive ketones (excluding diaryl/α,β-unsaturated/α-hetero) is 1. The zero-order valence-corrected chi connectivity index (χ0v) is 19.2. The van der Waals surface area contributed by atoms with Gasteiger partial charge in [-0.15, -0.1) is 0 Å². The first-order valence-corrected chi connectivity index (χ1v) is 10.1. The Bertz CT molecular complexity index is 1070. The summed E-state index contributed by atoms with van der Waals surface area (Å²) in [5, 5.41) is 13.4. The predicted octanol–water partition coefficient (Wildman–Crippen LogP) is 3.45. The first-order chi connectivity index (χ1) is 15.6. The summed E-state index contributed by atoms with van der Waals surface area (Å²) in [5.41, 5.74) is -0.323. The van der Waals surface area contributed by atoms with Gasteiger partial charge in [0.2, 0.25) is 5.78 Å². The summed E-state index contributed by atoms with van der Waals surface area (Å²) in [6, 6.07) is 7.06. The molecule has 176 valence electrons. The number of amides is 1. The van der Waals surface area contributed by atoms with Crippen LogP contribution >= 0.6 is 11.6 Å². The molecule has 1 atom stereocenters. The number of esters is 1. The lowest BCUT2D eigenvalue weighted by atomic mass is 10.0. The van der Waals surface area contributed by atoms with Gasteiger partial charge in [0.05, 0.1) is 24.7 Å². The normalized spacial score (nSPS) is 11.5. The number of nitrogens with one attached hydrogen (secondary N) is 1. The maximum absolute atomic E-state index is 12.6. The molecule has 10 nitrogen and oxygen atoms in total. The Balaban J connectivity index is 2.12. The molecule has 2 rings (SSSR count). The molecule has 0 heterocycles. The molecule has 0 aromatic heterocycles. The first kappa shape index (κ1) is 25.6. The van der Waals surface area contributed by atoms with Crippen LogP contribution in [0.5, 0.6) is 11.5 Å². The quantitative estimate of drug-likeness (QED) is 0.237. The summed E-state index contributed by atoms with van der Waals surface area (Å²) in [5.74, 6) is -1.78. The van der Waals surface area contributed by atoms with Gasteiger partial charge in [0.25, 0.3) is 11.6 Å². The van der Waals surface area contributed by atoms with Gasteiger partial charge in [-0.05, 0) is 36.2 Å². The van der Waals surface area contributed by atoms with Crippen LogP contribution in [0, 0.1) is 16.0 Å². The number of benzene rings is 2. The first-order valence-electron chi connectivity index (χ1n) is 9.75. The standard InChI is InChI=1S/C22H23ClN2O8/c1-12(2)20(24-21(27)13-5-7-16(23)17(9-13)25(29)30)22(28)33-11-18(26)15-10-14(31-3)6-8-19(15)32-4/h5-10,12,20H,11H2,1-4H3,(H,24,27)/t20-/m0/s1. The van der Waals surface area contributed by atoms with E-state index >= 15 is 0 Å². The van der Waals surface area contributed by atoms with Crippen molar-refractivity contribution in [3.05, 3.63) is 62.7 Å². The molecule has 0 fully saturated rings. The number of ketones is 1. The third kappa shape index (κ3) is 6.42. The van der Waals surface area contributed by atoms with Crippen LogP contribution in [-0.4, -0.2) is 49.5 Å².